The third-order valence-electron chi connectivity index (χ3n) is 3.26. The van der Waals surface area contributed by atoms with Crippen molar-refractivity contribution in [2.45, 2.75) is 19.8 Å². The molecule has 1 aliphatic rings. The molecular weight excluding hydrogens is 266 g/mol. The maximum Gasteiger partial charge on any atom is 0.161 e. The highest BCUT2D eigenvalue weighted by atomic mass is 16.5. The maximum atomic E-state index is 5.74. The molecule has 1 aromatic carbocycles. The predicted octanol–water partition coefficient (Wildman–Crippen LogP) is 3.13. The smallest absolute Gasteiger partial charge is 0.161 e. The molecule has 5 nitrogen and oxygen atoms in total. The minimum absolute atomic E-state index is 0.678. The first kappa shape index (κ1) is 13.7. The van der Waals surface area contributed by atoms with Gasteiger partial charge in [0.1, 0.15) is 5.69 Å². The quantitative estimate of drug-likeness (QED) is 0.935. The fraction of sp³-hybridized carbons (Fsp3) is 0.375. The first-order valence-electron chi connectivity index (χ1n) is 7.33. The van der Waals surface area contributed by atoms with Gasteiger partial charge in [-0.2, -0.15) is 0 Å². The summed E-state index contributed by atoms with van der Waals surface area (Å²) in [6, 6.07) is 5.91. The van der Waals surface area contributed by atoms with Gasteiger partial charge in [0.05, 0.1) is 13.2 Å². The Morgan fingerprint density at radius 2 is 1.90 bits per heavy atom. The summed E-state index contributed by atoms with van der Waals surface area (Å²) < 4.78 is 11.4. The van der Waals surface area contributed by atoms with Gasteiger partial charge < -0.3 is 14.8 Å². The lowest BCUT2D eigenvalue weighted by Crippen LogP contribution is -2.04. The lowest BCUT2D eigenvalue weighted by Gasteiger charge is -2.12. The Hall–Kier alpha value is -2.30. The van der Waals surface area contributed by atoms with Crippen LogP contribution >= 0.6 is 0 Å². The number of nitrogens with one attached hydrogen (secondary N) is 1. The van der Waals surface area contributed by atoms with E-state index in [1.807, 2.05) is 18.2 Å². The molecular formula is C16H19N3O2. The first-order chi connectivity index (χ1) is 10.4. The molecule has 1 aliphatic heterocycles. The third-order valence-corrected chi connectivity index (χ3v) is 3.26. The van der Waals surface area contributed by atoms with E-state index in [9.17, 15) is 0 Å². The van der Waals surface area contributed by atoms with E-state index in [1.165, 1.54) is 0 Å². The van der Waals surface area contributed by atoms with Crippen molar-refractivity contribution in [3.05, 3.63) is 30.6 Å². The van der Waals surface area contributed by atoms with Crippen molar-refractivity contribution in [2.24, 2.45) is 0 Å². The van der Waals surface area contributed by atoms with Crippen molar-refractivity contribution in [1.29, 1.82) is 0 Å². The Labute approximate surface area is 124 Å². The van der Waals surface area contributed by atoms with Crippen LogP contribution in [0, 0.1) is 0 Å². The van der Waals surface area contributed by atoms with Gasteiger partial charge in [-0.1, -0.05) is 6.92 Å². The summed E-state index contributed by atoms with van der Waals surface area (Å²) in [6.45, 7) is 4.37. The van der Waals surface area contributed by atoms with E-state index >= 15 is 0 Å². The average Bonchev–Trinajstić information content (AvgIpc) is 2.77. The van der Waals surface area contributed by atoms with Gasteiger partial charge in [-0.15, -0.1) is 0 Å². The Morgan fingerprint density at radius 1 is 1.10 bits per heavy atom. The molecule has 0 spiro atoms. The van der Waals surface area contributed by atoms with Crippen LogP contribution in [0.5, 0.6) is 11.5 Å². The molecule has 0 fully saturated rings. The molecule has 0 radical (unpaired) electrons. The van der Waals surface area contributed by atoms with E-state index in [0.29, 0.717) is 13.2 Å². The molecule has 1 aromatic heterocycles. The van der Waals surface area contributed by atoms with E-state index in [-0.39, 0.29) is 0 Å². The van der Waals surface area contributed by atoms with E-state index in [0.717, 1.165) is 48.0 Å². The second kappa shape index (κ2) is 6.43. The lowest BCUT2D eigenvalue weighted by molar-refractivity contribution is 0.297. The molecule has 0 saturated carbocycles. The molecule has 2 heterocycles. The van der Waals surface area contributed by atoms with E-state index in [2.05, 4.69) is 22.2 Å². The fourth-order valence-corrected chi connectivity index (χ4v) is 2.23. The molecule has 1 N–H and O–H groups in total. The summed E-state index contributed by atoms with van der Waals surface area (Å²) in [5.74, 6) is 2.37. The van der Waals surface area contributed by atoms with Crippen LogP contribution in [-0.4, -0.2) is 29.7 Å². The van der Waals surface area contributed by atoms with Gasteiger partial charge in [0.25, 0.3) is 0 Å². The maximum absolute atomic E-state index is 5.74. The van der Waals surface area contributed by atoms with E-state index in [4.69, 9.17) is 9.47 Å². The van der Waals surface area contributed by atoms with Crippen LogP contribution in [-0.2, 0) is 0 Å². The van der Waals surface area contributed by atoms with Crippen molar-refractivity contribution in [1.82, 2.24) is 9.97 Å². The van der Waals surface area contributed by atoms with Crippen LogP contribution in [0.3, 0.4) is 0 Å². The molecule has 110 valence electrons. The standard InChI is InChI=1S/C16H19N3O2/c1-2-6-18-16-15(17-7-8-19-16)12-4-5-13-14(11-12)21-10-3-9-20-13/h4-5,7-8,11H,2-3,6,9-10H2,1H3,(H,18,19). The van der Waals surface area contributed by atoms with Crippen molar-refractivity contribution >= 4 is 5.82 Å². The Kier molecular flexibility index (Phi) is 4.19. The SMILES string of the molecule is CCCNc1nccnc1-c1ccc2c(c1)OCCCO2. The number of hydrogen-bond donors (Lipinski definition) is 1. The monoisotopic (exact) mass is 285 g/mol. The highest BCUT2D eigenvalue weighted by Crippen LogP contribution is 2.35. The molecule has 0 amide bonds. The third kappa shape index (κ3) is 3.07. The van der Waals surface area contributed by atoms with Gasteiger partial charge in [0.2, 0.25) is 0 Å². The lowest BCUT2D eigenvalue weighted by atomic mass is 10.1. The van der Waals surface area contributed by atoms with E-state index < -0.39 is 0 Å². The molecule has 0 aliphatic carbocycles. The van der Waals surface area contributed by atoms with Crippen molar-refractivity contribution in [3.63, 3.8) is 0 Å². The molecule has 2 aromatic rings. The molecule has 21 heavy (non-hydrogen) atoms. The zero-order valence-electron chi connectivity index (χ0n) is 12.1. The number of fused-ring (bicyclic) bond motifs is 1. The molecule has 3 rings (SSSR count). The summed E-state index contributed by atoms with van der Waals surface area (Å²) >= 11 is 0. The Balaban J connectivity index is 1.95. The van der Waals surface area contributed by atoms with E-state index in [1.54, 1.807) is 12.4 Å². The summed E-state index contributed by atoms with van der Waals surface area (Å²) in [7, 11) is 0. The minimum Gasteiger partial charge on any atom is -0.490 e. The largest absolute Gasteiger partial charge is 0.490 e. The number of benzene rings is 1. The van der Waals surface area contributed by atoms with Crippen LogP contribution in [0.25, 0.3) is 11.3 Å². The summed E-state index contributed by atoms with van der Waals surface area (Å²) in [5.41, 5.74) is 1.81. The Morgan fingerprint density at radius 3 is 2.76 bits per heavy atom. The summed E-state index contributed by atoms with van der Waals surface area (Å²) in [4.78, 5) is 8.83. The van der Waals surface area contributed by atoms with Crippen LogP contribution < -0.4 is 14.8 Å². The zero-order chi connectivity index (χ0) is 14.5. The first-order valence-corrected chi connectivity index (χ1v) is 7.33. The molecule has 0 unspecified atom stereocenters. The van der Waals surface area contributed by atoms with Crippen molar-refractivity contribution in [3.8, 4) is 22.8 Å². The highest BCUT2D eigenvalue weighted by molar-refractivity contribution is 5.73. The predicted molar refractivity (Wildman–Crippen MR) is 81.9 cm³/mol. The van der Waals surface area contributed by atoms with Crippen LogP contribution in [0.15, 0.2) is 30.6 Å². The van der Waals surface area contributed by atoms with Crippen LogP contribution in [0.1, 0.15) is 19.8 Å². The second-order valence-electron chi connectivity index (χ2n) is 4.89. The van der Waals surface area contributed by atoms with Crippen LogP contribution in [0.2, 0.25) is 0 Å². The molecule has 0 saturated heterocycles. The van der Waals surface area contributed by atoms with Gasteiger partial charge in [-0.3, -0.25) is 4.98 Å². The van der Waals surface area contributed by atoms with Gasteiger partial charge in [-0.05, 0) is 24.6 Å². The number of nitrogens with zero attached hydrogens (tertiary/aromatic N) is 2. The average molecular weight is 285 g/mol. The van der Waals surface area contributed by atoms with Gasteiger partial charge in [-0.25, -0.2) is 4.98 Å². The van der Waals surface area contributed by atoms with Crippen LogP contribution in [0.4, 0.5) is 5.82 Å². The minimum atomic E-state index is 0.678. The normalized spacial score (nSPS) is 13.6. The Bertz CT molecular complexity index is 616. The number of ether oxygens (including phenoxy) is 2. The fourth-order valence-electron chi connectivity index (χ4n) is 2.23. The summed E-state index contributed by atoms with van der Waals surface area (Å²) in [5, 5.41) is 3.31. The van der Waals surface area contributed by atoms with Gasteiger partial charge in [0.15, 0.2) is 17.3 Å². The molecule has 0 atom stereocenters. The molecule has 0 bridgehead atoms. The number of rotatable bonds is 4. The van der Waals surface area contributed by atoms with Gasteiger partial charge in [0, 0.05) is 30.9 Å². The highest BCUT2D eigenvalue weighted by Gasteiger charge is 2.14. The van der Waals surface area contributed by atoms with Gasteiger partial charge >= 0.3 is 0 Å². The number of aromatic nitrogens is 2. The number of anilines is 1. The number of hydrogen-bond acceptors (Lipinski definition) is 5. The van der Waals surface area contributed by atoms with Crippen molar-refractivity contribution < 1.29 is 9.47 Å². The second-order valence-corrected chi connectivity index (χ2v) is 4.89. The van der Waals surface area contributed by atoms with Crippen molar-refractivity contribution in [2.75, 3.05) is 25.1 Å². The zero-order valence-corrected chi connectivity index (χ0v) is 12.1. The molecule has 5 heteroatoms. The summed E-state index contributed by atoms with van der Waals surface area (Å²) in [6.07, 6.45) is 5.34. The topological polar surface area (TPSA) is 56.3 Å².